The van der Waals surface area contributed by atoms with Gasteiger partial charge in [0.05, 0.1) is 12.3 Å². The Morgan fingerprint density at radius 2 is 1.53 bits per heavy atom. The molecule has 1 saturated heterocycles. The summed E-state index contributed by atoms with van der Waals surface area (Å²) in [7, 11) is -6.89. The molecule has 0 aromatic heterocycles. The number of ether oxygens (including phenoxy) is 2. The van der Waals surface area contributed by atoms with Crippen molar-refractivity contribution in [1.82, 2.24) is 0 Å². The molecule has 1 fully saturated rings. The van der Waals surface area contributed by atoms with E-state index in [0.717, 1.165) is 18.1 Å². The van der Waals surface area contributed by atoms with Crippen molar-refractivity contribution in [2.75, 3.05) is 6.23 Å². The fourth-order valence-corrected chi connectivity index (χ4v) is 13.8. The van der Waals surface area contributed by atoms with Crippen LogP contribution in [0.5, 0.6) is 0 Å². The molecule has 2 aliphatic rings. The zero-order valence-corrected chi connectivity index (χ0v) is 24.2. The van der Waals surface area contributed by atoms with Crippen molar-refractivity contribution in [2.24, 2.45) is 0 Å². The van der Waals surface area contributed by atoms with E-state index in [2.05, 4.69) is 62.3 Å². The third-order valence-corrected chi connectivity index (χ3v) is 19.5. The Hall–Kier alpha value is 0.0306. The normalized spacial score (nSPS) is 27.9. The SMILES string of the molecule is CC[Si](CC)(CC)O[C@@H]1C=C([Si](C)(C)O)O[C@@H]2OC[Si](C(C)(C)C)(C(C)(C)C)O[C@H]21. The lowest BCUT2D eigenvalue weighted by Crippen LogP contribution is -2.69. The number of hydrogen-bond acceptors (Lipinski definition) is 5. The summed E-state index contributed by atoms with van der Waals surface area (Å²) in [6.45, 7) is 24.2. The van der Waals surface area contributed by atoms with Gasteiger partial charge in [0.1, 0.15) is 11.5 Å². The van der Waals surface area contributed by atoms with E-state index in [4.69, 9.17) is 18.3 Å². The zero-order valence-electron chi connectivity index (χ0n) is 21.2. The first-order chi connectivity index (χ1) is 13.6. The highest BCUT2D eigenvalue weighted by Crippen LogP contribution is 2.55. The molecule has 2 heterocycles. The minimum absolute atomic E-state index is 0.00451. The third kappa shape index (κ3) is 4.84. The van der Waals surface area contributed by atoms with Gasteiger partial charge in [0.15, 0.2) is 8.32 Å². The molecule has 176 valence electrons. The second-order valence-corrected chi connectivity index (χ2v) is 25.1. The number of hydrogen-bond donors (Lipinski definition) is 1. The molecule has 0 aliphatic carbocycles. The van der Waals surface area contributed by atoms with E-state index >= 15 is 0 Å². The van der Waals surface area contributed by atoms with Crippen LogP contribution in [0.25, 0.3) is 0 Å². The standard InChI is InChI=1S/C22H46O5Si3/c1-12-29(13-2,14-3)26-17-15-18(28(10,11)23)25-20-19(17)27-30(16-24-20,21(4,5)6)22(7,8)9/h15,17,19-20,23H,12-14,16H2,1-11H3/t17-,19+,20+/m1/s1. The Labute approximate surface area is 187 Å². The van der Waals surface area contributed by atoms with Gasteiger partial charge in [-0.3, -0.25) is 0 Å². The van der Waals surface area contributed by atoms with Crippen molar-refractivity contribution < 1.29 is 23.1 Å². The summed E-state index contributed by atoms with van der Waals surface area (Å²) in [5.41, 5.74) is 0. The van der Waals surface area contributed by atoms with Gasteiger partial charge in [-0.2, -0.15) is 0 Å². The van der Waals surface area contributed by atoms with Crippen molar-refractivity contribution in [3.05, 3.63) is 11.5 Å². The Kier molecular flexibility index (Phi) is 7.67. The molecule has 3 atom stereocenters. The first kappa shape index (κ1) is 26.3. The van der Waals surface area contributed by atoms with Gasteiger partial charge in [0.25, 0.3) is 8.32 Å². The molecule has 0 radical (unpaired) electrons. The summed E-state index contributed by atoms with van der Waals surface area (Å²) in [6.07, 6.45) is 1.57. The first-order valence-electron chi connectivity index (χ1n) is 11.6. The topological polar surface area (TPSA) is 57.2 Å². The molecule has 2 rings (SSSR count). The van der Waals surface area contributed by atoms with E-state index in [1.165, 1.54) is 0 Å². The number of fused-ring (bicyclic) bond motifs is 1. The van der Waals surface area contributed by atoms with Crippen molar-refractivity contribution in [1.29, 1.82) is 0 Å². The van der Waals surface area contributed by atoms with E-state index in [-0.39, 0.29) is 22.3 Å². The van der Waals surface area contributed by atoms with Crippen LogP contribution in [0.4, 0.5) is 0 Å². The van der Waals surface area contributed by atoms with E-state index in [1.54, 1.807) is 0 Å². The maximum Gasteiger partial charge on any atom is 0.253 e. The van der Waals surface area contributed by atoms with Gasteiger partial charge in [-0.1, -0.05) is 62.3 Å². The van der Waals surface area contributed by atoms with Crippen LogP contribution in [-0.2, 0) is 18.3 Å². The molecule has 1 N–H and O–H groups in total. The Morgan fingerprint density at radius 1 is 1.03 bits per heavy atom. The van der Waals surface area contributed by atoms with Gasteiger partial charge in [0, 0.05) is 0 Å². The molecule has 8 heteroatoms. The highest BCUT2D eigenvalue weighted by atomic mass is 28.4. The monoisotopic (exact) mass is 474 g/mol. The maximum atomic E-state index is 10.8. The summed E-state index contributed by atoms with van der Waals surface area (Å²) >= 11 is 0. The van der Waals surface area contributed by atoms with Crippen molar-refractivity contribution in [3.63, 3.8) is 0 Å². The van der Waals surface area contributed by atoms with E-state index < -0.39 is 31.2 Å². The van der Waals surface area contributed by atoms with Crippen molar-refractivity contribution in [2.45, 2.75) is 122 Å². The highest BCUT2D eigenvalue weighted by molar-refractivity contribution is 6.79. The quantitative estimate of drug-likeness (QED) is 0.489. The average molecular weight is 475 g/mol. The van der Waals surface area contributed by atoms with Crippen LogP contribution in [0.15, 0.2) is 11.5 Å². The van der Waals surface area contributed by atoms with Gasteiger partial charge in [0.2, 0.25) is 14.6 Å². The lowest BCUT2D eigenvalue weighted by atomic mass is 10.1. The summed E-state index contributed by atoms with van der Waals surface area (Å²) in [5.74, 6) is 0. The fourth-order valence-electron chi connectivity index (χ4n) is 5.00. The van der Waals surface area contributed by atoms with Crippen molar-refractivity contribution >= 4 is 25.0 Å². The van der Waals surface area contributed by atoms with Gasteiger partial charge in [-0.05, 0) is 47.4 Å². The van der Waals surface area contributed by atoms with Crippen LogP contribution < -0.4 is 0 Å². The molecule has 0 aromatic rings. The van der Waals surface area contributed by atoms with Crippen LogP contribution in [0.3, 0.4) is 0 Å². The maximum absolute atomic E-state index is 10.8. The lowest BCUT2D eigenvalue weighted by Gasteiger charge is -2.57. The molecule has 0 unspecified atom stereocenters. The van der Waals surface area contributed by atoms with Crippen LogP contribution in [0.1, 0.15) is 62.3 Å². The van der Waals surface area contributed by atoms with Gasteiger partial charge in [-0.15, -0.1) is 0 Å². The van der Waals surface area contributed by atoms with E-state index in [1.807, 2.05) is 19.2 Å². The molecule has 0 aromatic carbocycles. The first-order valence-corrected chi connectivity index (χ1v) is 19.2. The van der Waals surface area contributed by atoms with Crippen LogP contribution in [0.2, 0.25) is 41.3 Å². The number of rotatable bonds is 6. The lowest BCUT2D eigenvalue weighted by molar-refractivity contribution is -0.209. The van der Waals surface area contributed by atoms with E-state index in [9.17, 15) is 4.80 Å². The predicted molar refractivity (Wildman–Crippen MR) is 131 cm³/mol. The van der Waals surface area contributed by atoms with Gasteiger partial charge < -0.3 is 23.1 Å². The van der Waals surface area contributed by atoms with E-state index in [0.29, 0.717) is 11.6 Å². The predicted octanol–water partition coefficient (Wildman–Crippen LogP) is 5.85. The summed E-state index contributed by atoms with van der Waals surface area (Å²) in [6, 6.07) is 3.21. The molecule has 0 saturated carbocycles. The van der Waals surface area contributed by atoms with Gasteiger partial charge in [-0.25, -0.2) is 0 Å². The summed E-state index contributed by atoms with van der Waals surface area (Å²) in [4.78, 5) is 10.8. The molecule has 0 bridgehead atoms. The van der Waals surface area contributed by atoms with Crippen LogP contribution in [-0.4, -0.2) is 54.5 Å². The Bertz CT molecular complexity index is 604. The third-order valence-electron chi connectivity index (χ3n) is 7.28. The molecule has 2 aliphatic heterocycles. The smallest absolute Gasteiger partial charge is 0.253 e. The molecule has 0 spiro atoms. The summed E-state index contributed by atoms with van der Waals surface area (Å²) < 4.78 is 26.7. The highest BCUT2D eigenvalue weighted by Gasteiger charge is 2.62. The Morgan fingerprint density at radius 3 is 1.93 bits per heavy atom. The molecule has 0 amide bonds. The second-order valence-electron chi connectivity index (χ2n) is 11.6. The van der Waals surface area contributed by atoms with Crippen LogP contribution >= 0.6 is 0 Å². The fraction of sp³-hybridized carbons (Fsp3) is 0.909. The zero-order chi connectivity index (χ0) is 23.2. The minimum atomic E-state index is -2.64. The van der Waals surface area contributed by atoms with Gasteiger partial charge >= 0.3 is 0 Å². The largest absolute Gasteiger partial charge is 0.469 e. The molecular weight excluding hydrogens is 428 g/mol. The van der Waals surface area contributed by atoms with Crippen molar-refractivity contribution in [3.8, 4) is 0 Å². The van der Waals surface area contributed by atoms with Crippen LogP contribution in [0, 0.1) is 0 Å². The second kappa shape index (κ2) is 8.76. The summed E-state index contributed by atoms with van der Waals surface area (Å²) in [5, 5.41) is 0.666. The average Bonchev–Trinajstić information content (AvgIpc) is 2.63. The minimum Gasteiger partial charge on any atom is -0.469 e. The Balaban J connectivity index is 2.53. The molecule has 5 nitrogen and oxygen atoms in total. The molecule has 30 heavy (non-hydrogen) atoms. The molecular formula is C22H46O5Si3.